The molecular formula is C12H14ClNO. The van der Waals surface area contributed by atoms with Crippen LogP contribution < -0.4 is 5.32 Å². The van der Waals surface area contributed by atoms with E-state index >= 15 is 0 Å². The lowest BCUT2D eigenvalue weighted by Crippen LogP contribution is -2.19. The van der Waals surface area contributed by atoms with Gasteiger partial charge in [0.25, 0.3) is 0 Å². The van der Waals surface area contributed by atoms with Crippen molar-refractivity contribution in [2.45, 2.75) is 13.8 Å². The minimum Gasteiger partial charge on any atom is -0.353 e. The highest BCUT2D eigenvalue weighted by Gasteiger charge is 1.96. The Morgan fingerprint density at radius 3 is 2.87 bits per heavy atom. The van der Waals surface area contributed by atoms with E-state index in [2.05, 4.69) is 5.32 Å². The molecule has 1 N–H and O–H groups in total. The topological polar surface area (TPSA) is 29.1 Å². The van der Waals surface area contributed by atoms with Gasteiger partial charge in [-0.2, -0.15) is 0 Å². The van der Waals surface area contributed by atoms with E-state index in [4.69, 9.17) is 11.6 Å². The average Bonchev–Trinajstić information content (AvgIpc) is 2.20. The Hall–Kier alpha value is -1.28. The monoisotopic (exact) mass is 223 g/mol. The second-order valence-corrected chi connectivity index (χ2v) is 3.64. The lowest BCUT2D eigenvalue weighted by atomic mass is 10.1. The van der Waals surface area contributed by atoms with E-state index in [1.165, 1.54) is 6.08 Å². The quantitative estimate of drug-likeness (QED) is 0.785. The standard InChI is InChI=1S/C12H14ClNO/c1-3-14-12(15)7-6-10-5-4-9(2)11(13)8-10/h4-8H,3H2,1-2H3,(H,14,15)/b7-6-. The number of amides is 1. The number of carbonyl (C=O) groups is 1. The van der Waals surface area contributed by atoms with E-state index in [1.54, 1.807) is 6.08 Å². The average molecular weight is 224 g/mol. The van der Waals surface area contributed by atoms with Gasteiger partial charge in [-0.1, -0.05) is 23.7 Å². The summed E-state index contributed by atoms with van der Waals surface area (Å²) in [5.41, 5.74) is 1.96. The molecule has 0 aliphatic rings. The minimum absolute atomic E-state index is 0.0887. The maximum atomic E-state index is 11.1. The first kappa shape index (κ1) is 11.8. The molecule has 0 unspecified atom stereocenters. The molecule has 1 rings (SSSR count). The van der Waals surface area contributed by atoms with Gasteiger partial charge in [-0.25, -0.2) is 0 Å². The van der Waals surface area contributed by atoms with Crippen LogP contribution in [0.15, 0.2) is 24.3 Å². The zero-order chi connectivity index (χ0) is 11.3. The smallest absolute Gasteiger partial charge is 0.243 e. The fourth-order valence-electron chi connectivity index (χ4n) is 1.12. The lowest BCUT2D eigenvalue weighted by Gasteiger charge is -1.99. The predicted octanol–water partition coefficient (Wildman–Crippen LogP) is 2.80. The van der Waals surface area contributed by atoms with Crippen LogP contribution in [0.4, 0.5) is 0 Å². The zero-order valence-electron chi connectivity index (χ0n) is 8.88. The van der Waals surface area contributed by atoms with Crippen molar-refractivity contribution in [2.75, 3.05) is 6.54 Å². The van der Waals surface area contributed by atoms with Crippen molar-refractivity contribution in [1.82, 2.24) is 5.32 Å². The number of hydrogen-bond donors (Lipinski definition) is 1. The van der Waals surface area contributed by atoms with Gasteiger partial charge in [0, 0.05) is 17.6 Å². The fraction of sp³-hybridized carbons (Fsp3) is 0.250. The van der Waals surface area contributed by atoms with E-state index in [-0.39, 0.29) is 5.91 Å². The Labute approximate surface area is 94.9 Å². The van der Waals surface area contributed by atoms with Gasteiger partial charge in [0.1, 0.15) is 0 Å². The van der Waals surface area contributed by atoms with Crippen LogP contribution in [0.1, 0.15) is 18.1 Å². The van der Waals surface area contributed by atoms with Crippen molar-refractivity contribution >= 4 is 23.6 Å². The molecule has 0 bridgehead atoms. The third-order valence-electron chi connectivity index (χ3n) is 1.97. The Kier molecular flexibility index (Phi) is 4.37. The first-order valence-corrected chi connectivity index (χ1v) is 5.23. The normalized spacial score (nSPS) is 10.6. The van der Waals surface area contributed by atoms with Crippen LogP contribution in [0.3, 0.4) is 0 Å². The van der Waals surface area contributed by atoms with Gasteiger partial charge in [0.05, 0.1) is 0 Å². The molecule has 0 aliphatic heterocycles. The molecule has 1 aromatic carbocycles. The summed E-state index contributed by atoms with van der Waals surface area (Å²) in [7, 11) is 0. The number of rotatable bonds is 3. The Balaban J connectivity index is 2.72. The molecule has 2 nitrogen and oxygen atoms in total. The summed E-state index contributed by atoms with van der Waals surface area (Å²) < 4.78 is 0. The number of nitrogens with one attached hydrogen (secondary N) is 1. The van der Waals surface area contributed by atoms with Gasteiger partial charge in [-0.15, -0.1) is 0 Å². The third-order valence-corrected chi connectivity index (χ3v) is 2.38. The number of likely N-dealkylation sites (N-methyl/N-ethyl adjacent to an activating group) is 1. The van der Waals surface area contributed by atoms with Crippen molar-refractivity contribution in [3.63, 3.8) is 0 Å². The molecule has 0 spiro atoms. The summed E-state index contributed by atoms with van der Waals surface area (Å²) in [6.45, 7) is 4.46. The first-order valence-electron chi connectivity index (χ1n) is 4.85. The van der Waals surface area contributed by atoms with Crippen molar-refractivity contribution in [3.8, 4) is 0 Å². The number of aryl methyl sites for hydroxylation is 1. The lowest BCUT2D eigenvalue weighted by molar-refractivity contribution is -0.116. The van der Waals surface area contributed by atoms with Gasteiger partial charge >= 0.3 is 0 Å². The van der Waals surface area contributed by atoms with Gasteiger partial charge in [-0.05, 0) is 37.1 Å². The summed E-state index contributed by atoms with van der Waals surface area (Å²) in [5, 5.41) is 3.40. The molecule has 3 heteroatoms. The molecule has 15 heavy (non-hydrogen) atoms. The van der Waals surface area contributed by atoms with E-state index in [1.807, 2.05) is 32.0 Å². The summed E-state index contributed by atoms with van der Waals surface area (Å²) in [4.78, 5) is 11.1. The van der Waals surface area contributed by atoms with Crippen LogP contribution in [-0.4, -0.2) is 12.5 Å². The van der Waals surface area contributed by atoms with E-state index in [0.717, 1.165) is 11.1 Å². The predicted molar refractivity (Wildman–Crippen MR) is 63.9 cm³/mol. The third kappa shape index (κ3) is 3.76. The van der Waals surface area contributed by atoms with Crippen LogP contribution in [0.25, 0.3) is 6.08 Å². The van der Waals surface area contributed by atoms with Crippen molar-refractivity contribution < 1.29 is 4.79 Å². The molecule has 0 aliphatic carbocycles. The van der Waals surface area contributed by atoms with Crippen LogP contribution in [0, 0.1) is 6.92 Å². The SMILES string of the molecule is CCNC(=O)/C=C\c1ccc(C)c(Cl)c1. The maximum absolute atomic E-state index is 11.1. The number of carbonyl (C=O) groups excluding carboxylic acids is 1. The van der Waals surface area contributed by atoms with E-state index < -0.39 is 0 Å². The summed E-state index contributed by atoms with van der Waals surface area (Å²) in [6.07, 6.45) is 3.25. The molecule has 0 heterocycles. The van der Waals surface area contributed by atoms with Gasteiger partial charge in [0.2, 0.25) is 5.91 Å². The minimum atomic E-state index is -0.0887. The zero-order valence-corrected chi connectivity index (χ0v) is 9.64. The van der Waals surface area contributed by atoms with Crippen molar-refractivity contribution in [2.24, 2.45) is 0 Å². The number of halogens is 1. The second-order valence-electron chi connectivity index (χ2n) is 3.24. The van der Waals surface area contributed by atoms with Crippen LogP contribution in [-0.2, 0) is 4.79 Å². The highest BCUT2D eigenvalue weighted by molar-refractivity contribution is 6.31. The molecule has 1 amide bonds. The molecule has 0 fully saturated rings. The second kappa shape index (κ2) is 5.56. The maximum Gasteiger partial charge on any atom is 0.243 e. The van der Waals surface area contributed by atoms with Crippen LogP contribution >= 0.6 is 11.6 Å². The van der Waals surface area contributed by atoms with E-state index in [9.17, 15) is 4.79 Å². The summed E-state index contributed by atoms with van der Waals surface area (Å²) in [5.74, 6) is -0.0887. The highest BCUT2D eigenvalue weighted by Crippen LogP contribution is 2.17. The summed E-state index contributed by atoms with van der Waals surface area (Å²) >= 11 is 5.96. The number of benzene rings is 1. The fourth-order valence-corrected chi connectivity index (χ4v) is 1.31. The molecule has 0 saturated heterocycles. The molecule has 0 saturated carbocycles. The van der Waals surface area contributed by atoms with Crippen molar-refractivity contribution in [1.29, 1.82) is 0 Å². The van der Waals surface area contributed by atoms with Crippen LogP contribution in [0.5, 0.6) is 0 Å². The van der Waals surface area contributed by atoms with Crippen molar-refractivity contribution in [3.05, 3.63) is 40.4 Å². The van der Waals surface area contributed by atoms with Gasteiger partial charge in [0.15, 0.2) is 0 Å². The van der Waals surface area contributed by atoms with Gasteiger partial charge in [-0.3, -0.25) is 4.79 Å². The number of hydrogen-bond acceptors (Lipinski definition) is 1. The molecule has 80 valence electrons. The largest absolute Gasteiger partial charge is 0.353 e. The van der Waals surface area contributed by atoms with Gasteiger partial charge < -0.3 is 5.32 Å². The molecular weight excluding hydrogens is 210 g/mol. The Morgan fingerprint density at radius 1 is 1.53 bits per heavy atom. The molecule has 0 radical (unpaired) electrons. The molecule has 0 aromatic heterocycles. The van der Waals surface area contributed by atoms with Crippen LogP contribution in [0.2, 0.25) is 5.02 Å². The Bertz CT molecular complexity index is 385. The first-order chi connectivity index (χ1) is 7.13. The Morgan fingerprint density at radius 2 is 2.27 bits per heavy atom. The highest BCUT2D eigenvalue weighted by atomic mass is 35.5. The molecule has 1 aromatic rings. The van der Waals surface area contributed by atoms with E-state index in [0.29, 0.717) is 11.6 Å². The summed E-state index contributed by atoms with van der Waals surface area (Å²) in [6, 6.07) is 5.70. The molecule has 0 atom stereocenters.